The Bertz CT molecular complexity index is 835. The van der Waals surface area contributed by atoms with Crippen molar-refractivity contribution in [1.29, 1.82) is 0 Å². The van der Waals surface area contributed by atoms with Crippen LogP contribution in [-0.2, 0) is 17.7 Å². The lowest BCUT2D eigenvalue weighted by Gasteiger charge is -2.36. The molecule has 2 aromatic heterocycles. The van der Waals surface area contributed by atoms with Crippen molar-refractivity contribution in [3.63, 3.8) is 0 Å². The van der Waals surface area contributed by atoms with Crippen LogP contribution < -0.4 is 9.80 Å². The van der Waals surface area contributed by atoms with Gasteiger partial charge in [0.15, 0.2) is 0 Å². The van der Waals surface area contributed by atoms with Crippen molar-refractivity contribution in [3.05, 3.63) is 35.4 Å². The van der Waals surface area contributed by atoms with Crippen LogP contribution in [0.4, 0.5) is 11.9 Å². The van der Waals surface area contributed by atoms with E-state index in [1.807, 2.05) is 31.4 Å². The summed E-state index contributed by atoms with van der Waals surface area (Å²) in [6.07, 6.45) is 9.37. The normalized spacial score (nSPS) is 24.3. The van der Waals surface area contributed by atoms with Gasteiger partial charge in [0.25, 0.3) is 0 Å². The molecule has 8 nitrogen and oxygen atoms in total. The van der Waals surface area contributed by atoms with Crippen molar-refractivity contribution in [2.24, 2.45) is 0 Å². The van der Waals surface area contributed by atoms with E-state index < -0.39 is 0 Å². The molecule has 2 bridgehead atoms. The zero-order valence-corrected chi connectivity index (χ0v) is 16.6. The van der Waals surface area contributed by atoms with Gasteiger partial charge < -0.3 is 14.5 Å². The van der Waals surface area contributed by atoms with Crippen molar-refractivity contribution in [1.82, 2.24) is 24.8 Å². The molecule has 0 N–H and O–H groups in total. The monoisotopic (exact) mass is 381 g/mol. The average molecular weight is 381 g/mol. The summed E-state index contributed by atoms with van der Waals surface area (Å²) in [7, 11) is 3.92. The first-order chi connectivity index (χ1) is 13.7. The smallest absolute Gasteiger partial charge is 0.225 e. The highest BCUT2D eigenvalue weighted by molar-refractivity contribution is 5.37. The van der Waals surface area contributed by atoms with Crippen molar-refractivity contribution in [2.75, 3.05) is 50.2 Å². The lowest BCUT2D eigenvalue weighted by atomic mass is 9.99. The fraction of sp³-hybridized carbons (Fsp3) is 0.600. The van der Waals surface area contributed by atoms with Crippen LogP contribution in [0, 0.1) is 0 Å². The summed E-state index contributed by atoms with van der Waals surface area (Å²) in [6, 6.07) is 0.944. The molecule has 3 aliphatic rings. The Balaban J connectivity index is 1.35. The first kappa shape index (κ1) is 17.8. The Morgan fingerprint density at radius 3 is 2.61 bits per heavy atom. The molecule has 0 unspecified atom stereocenters. The number of nitrogens with zero attached hydrogens (tertiary/aromatic N) is 7. The summed E-state index contributed by atoms with van der Waals surface area (Å²) in [5.74, 6) is 1.61. The van der Waals surface area contributed by atoms with Gasteiger partial charge in [0.05, 0.1) is 18.9 Å². The van der Waals surface area contributed by atoms with E-state index in [4.69, 9.17) is 14.7 Å². The highest BCUT2D eigenvalue weighted by Crippen LogP contribution is 2.43. The summed E-state index contributed by atoms with van der Waals surface area (Å²) in [6.45, 7) is 4.15. The van der Waals surface area contributed by atoms with Crippen molar-refractivity contribution < 1.29 is 4.74 Å². The molecule has 2 atom stereocenters. The zero-order valence-electron chi connectivity index (χ0n) is 16.6. The molecule has 5 heterocycles. The van der Waals surface area contributed by atoms with E-state index in [9.17, 15) is 0 Å². The summed E-state index contributed by atoms with van der Waals surface area (Å²) in [5, 5.41) is 0. The molecule has 5 rings (SSSR count). The molecule has 0 radical (unpaired) electrons. The quantitative estimate of drug-likeness (QED) is 0.788. The first-order valence-electron chi connectivity index (χ1n) is 10.1. The van der Waals surface area contributed by atoms with Gasteiger partial charge in [-0.1, -0.05) is 0 Å². The second-order valence-electron chi connectivity index (χ2n) is 8.08. The molecule has 2 fully saturated rings. The predicted molar refractivity (Wildman–Crippen MR) is 106 cm³/mol. The third kappa shape index (κ3) is 3.20. The third-order valence-corrected chi connectivity index (χ3v) is 6.07. The Kier molecular flexibility index (Phi) is 4.60. The molecule has 0 spiro atoms. The molecule has 2 saturated heterocycles. The molecule has 8 heteroatoms. The topological polar surface area (TPSA) is 70.5 Å². The van der Waals surface area contributed by atoms with Crippen LogP contribution >= 0.6 is 0 Å². The largest absolute Gasteiger partial charge is 0.378 e. The minimum atomic E-state index is 0.404. The highest BCUT2D eigenvalue weighted by atomic mass is 16.5. The maximum absolute atomic E-state index is 5.45. The fourth-order valence-electron chi connectivity index (χ4n) is 4.60. The highest BCUT2D eigenvalue weighted by Gasteiger charge is 2.41. The van der Waals surface area contributed by atoms with Gasteiger partial charge in [0.1, 0.15) is 0 Å². The van der Waals surface area contributed by atoms with Crippen LogP contribution in [0.3, 0.4) is 0 Å². The number of aromatic nitrogens is 4. The summed E-state index contributed by atoms with van der Waals surface area (Å²) in [4.78, 5) is 25.4. The Hall–Kier alpha value is -2.32. The molecular formula is C20H27N7O. The summed E-state index contributed by atoms with van der Waals surface area (Å²) >= 11 is 0. The second-order valence-corrected chi connectivity index (χ2v) is 8.08. The number of rotatable bonds is 4. The van der Waals surface area contributed by atoms with Gasteiger partial charge in [-0.05, 0) is 12.8 Å². The minimum absolute atomic E-state index is 0.404. The molecule has 0 amide bonds. The molecule has 0 aromatic carbocycles. The Morgan fingerprint density at radius 2 is 1.86 bits per heavy atom. The van der Waals surface area contributed by atoms with Crippen LogP contribution in [0.1, 0.15) is 35.7 Å². The van der Waals surface area contributed by atoms with Crippen LogP contribution in [-0.4, -0.2) is 71.3 Å². The number of hydrogen-bond acceptors (Lipinski definition) is 8. The summed E-state index contributed by atoms with van der Waals surface area (Å²) in [5.41, 5.74) is 3.70. The van der Waals surface area contributed by atoms with Gasteiger partial charge in [-0.2, -0.15) is 0 Å². The van der Waals surface area contributed by atoms with Gasteiger partial charge in [0.2, 0.25) is 11.9 Å². The van der Waals surface area contributed by atoms with Gasteiger partial charge >= 0.3 is 0 Å². The van der Waals surface area contributed by atoms with Gasteiger partial charge in [-0.25, -0.2) is 19.9 Å². The number of hydrogen-bond donors (Lipinski definition) is 0. The Labute approximate surface area is 165 Å². The molecule has 0 saturated carbocycles. The Morgan fingerprint density at radius 1 is 1.07 bits per heavy atom. The number of morpholine rings is 1. The van der Waals surface area contributed by atoms with Crippen LogP contribution in [0.15, 0.2) is 18.6 Å². The average Bonchev–Trinajstić information content (AvgIpc) is 3.00. The SMILES string of the molecule is CN(C)c1ncc(CN2[C@@H]3CC[C@@H]2c2cnc(N4CCOCC4)nc2C3)cn1. The standard InChI is InChI=1S/C20H27N7O/c1-25(2)19-21-10-14(11-22-19)13-27-15-3-4-18(27)16-12-23-20(24-17(16)9-15)26-5-7-28-8-6-26/h10-12,15,18H,3-9,13H2,1-2H3/t15-,18-/m1/s1. The maximum atomic E-state index is 5.45. The van der Waals surface area contributed by atoms with E-state index in [0.29, 0.717) is 12.1 Å². The third-order valence-electron chi connectivity index (χ3n) is 6.07. The zero-order chi connectivity index (χ0) is 19.1. The van der Waals surface area contributed by atoms with Gasteiger partial charge in [-0.3, -0.25) is 4.90 Å². The summed E-state index contributed by atoms with van der Waals surface area (Å²) < 4.78 is 5.45. The molecule has 28 heavy (non-hydrogen) atoms. The second kappa shape index (κ2) is 7.25. The lowest BCUT2D eigenvalue weighted by Crippen LogP contribution is -2.40. The molecular weight excluding hydrogens is 354 g/mol. The number of fused-ring (bicyclic) bond motifs is 4. The van der Waals surface area contributed by atoms with Crippen molar-refractivity contribution in [2.45, 2.75) is 37.9 Å². The lowest BCUT2D eigenvalue weighted by molar-refractivity contribution is 0.122. The van der Waals surface area contributed by atoms with E-state index in [-0.39, 0.29) is 0 Å². The van der Waals surface area contributed by atoms with E-state index in [1.165, 1.54) is 24.1 Å². The predicted octanol–water partition coefficient (Wildman–Crippen LogP) is 1.43. The van der Waals surface area contributed by atoms with E-state index >= 15 is 0 Å². The van der Waals surface area contributed by atoms with Crippen LogP contribution in [0.2, 0.25) is 0 Å². The van der Waals surface area contributed by atoms with E-state index in [0.717, 1.165) is 56.7 Å². The molecule has 3 aliphatic heterocycles. The van der Waals surface area contributed by atoms with Gasteiger partial charge in [0, 0.05) is 82.0 Å². The van der Waals surface area contributed by atoms with Crippen molar-refractivity contribution >= 4 is 11.9 Å². The molecule has 2 aromatic rings. The minimum Gasteiger partial charge on any atom is -0.378 e. The first-order valence-corrected chi connectivity index (χ1v) is 10.1. The van der Waals surface area contributed by atoms with E-state index in [2.05, 4.69) is 26.0 Å². The fourth-order valence-corrected chi connectivity index (χ4v) is 4.60. The van der Waals surface area contributed by atoms with Crippen LogP contribution in [0.25, 0.3) is 0 Å². The molecule has 0 aliphatic carbocycles. The maximum Gasteiger partial charge on any atom is 0.225 e. The van der Waals surface area contributed by atoms with Crippen LogP contribution in [0.5, 0.6) is 0 Å². The number of anilines is 2. The van der Waals surface area contributed by atoms with Gasteiger partial charge in [-0.15, -0.1) is 0 Å². The van der Waals surface area contributed by atoms with E-state index in [1.54, 1.807) is 0 Å². The number of ether oxygens (including phenoxy) is 1. The molecule has 148 valence electrons. The van der Waals surface area contributed by atoms with Crippen molar-refractivity contribution in [3.8, 4) is 0 Å².